The number of anilines is 1. The predicted molar refractivity (Wildman–Crippen MR) is 82.1 cm³/mol. The molecule has 0 amide bonds. The Balaban J connectivity index is 1.88. The fourth-order valence-electron chi connectivity index (χ4n) is 2.89. The second-order valence-electron chi connectivity index (χ2n) is 5.45. The highest BCUT2D eigenvalue weighted by molar-refractivity contribution is 7.10. The van der Waals surface area contributed by atoms with Crippen molar-refractivity contribution in [1.29, 1.82) is 0 Å². The summed E-state index contributed by atoms with van der Waals surface area (Å²) in [6, 6.07) is 6.24. The van der Waals surface area contributed by atoms with Gasteiger partial charge in [0.25, 0.3) is 0 Å². The quantitative estimate of drug-likeness (QED) is 0.898. The molecule has 1 aliphatic rings. The number of alkyl halides is 3. The molecule has 3 rings (SSSR count). The van der Waals surface area contributed by atoms with Crippen molar-refractivity contribution < 1.29 is 23.1 Å². The molecule has 1 N–H and O–H groups in total. The molecule has 1 aromatic carbocycles. The van der Waals surface area contributed by atoms with Gasteiger partial charge in [-0.2, -0.15) is 13.2 Å². The smallest absolute Gasteiger partial charge is 0.425 e. The lowest BCUT2D eigenvalue weighted by molar-refractivity contribution is -0.134. The normalized spacial score (nSPS) is 14.7. The molecule has 0 spiro atoms. The van der Waals surface area contributed by atoms with Crippen LogP contribution in [-0.2, 0) is 19.1 Å². The topological polar surface area (TPSA) is 40.5 Å². The van der Waals surface area contributed by atoms with Gasteiger partial charge < -0.3 is 10.0 Å². The van der Waals surface area contributed by atoms with E-state index < -0.39 is 17.0 Å². The molecule has 0 aliphatic carbocycles. The van der Waals surface area contributed by atoms with Gasteiger partial charge in [-0.25, -0.2) is 4.79 Å². The second kappa shape index (κ2) is 5.88. The average molecular weight is 341 g/mol. The summed E-state index contributed by atoms with van der Waals surface area (Å²) in [5.74, 6) is -0.974. The first-order valence-electron chi connectivity index (χ1n) is 7.11. The molecule has 7 heteroatoms. The number of carboxylic acids is 1. The zero-order valence-electron chi connectivity index (χ0n) is 12.1. The van der Waals surface area contributed by atoms with Crippen molar-refractivity contribution in [3.63, 3.8) is 0 Å². The second-order valence-corrected chi connectivity index (χ2v) is 6.36. The Morgan fingerprint density at radius 2 is 2.13 bits per heavy atom. The van der Waals surface area contributed by atoms with E-state index in [2.05, 4.69) is 0 Å². The van der Waals surface area contributed by atoms with Crippen LogP contribution in [0.3, 0.4) is 0 Å². The Labute approximate surface area is 135 Å². The van der Waals surface area contributed by atoms with Crippen LogP contribution in [0.2, 0.25) is 0 Å². The Bertz CT molecular complexity index is 739. The Morgan fingerprint density at radius 1 is 1.35 bits per heavy atom. The van der Waals surface area contributed by atoms with Gasteiger partial charge in [-0.1, -0.05) is 6.07 Å². The van der Waals surface area contributed by atoms with Crippen molar-refractivity contribution in [1.82, 2.24) is 0 Å². The SMILES string of the molecule is O=C(O)c1cccc2c1CCCN2Cc1csc(C(F)(F)F)c1. The number of aromatic carboxylic acids is 1. The van der Waals surface area contributed by atoms with Gasteiger partial charge in [-0.05, 0) is 47.5 Å². The number of hydrogen-bond acceptors (Lipinski definition) is 3. The molecule has 122 valence electrons. The van der Waals surface area contributed by atoms with Crippen LogP contribution in [0.25, 0.3) is 0 Å². The minimum Gasteiger partial charge on any atom is -0.478 e. The third kappa shape index (κ3) is 3.19. The summed E-state index contributed by atoms with van der Waals surface area (Å²) in [5, 5.41) is 10.8. The summed E-state index contributed by atoms with van der Waals surface area (Å²) in [7, 11) is 0. The van der Waals surface area contributed by atoms with Gasteiger partial charge in [-0.15, -0.1) is 11.3 Å². The first kappa shape index (κ1) is 15.9. The molecular weight excluding hydrogens is 327 g/mol. The van der Waals surface area contributed by atoms with E-state index in [0.717, 1.165) is 17.7 Å². The van der Waals surface area contributed by atoms with E-state index in [1.165, 1.54) is 11.4 Å². The maximum atomic E-state index is 12.7. The molecule has 0 saturated carbocycles. The molecule has 0 unspecified atom stereocenters. The van der Waals surface area contributed by atoms with Gasteiger partial charge in [0.15, 0.2) is 0 Å². The van der Waals surface area contributed by atoms with Crippen molar-refractivity contribution in [2.24, 2.45) is 0 Å². The van der Waals surface area contributed by atoms with E-state index in [1.54, 1.807) is 12.1 Å². The van der Waals surface area contributed by atoms with E-state index in [4.69, 9.17) is 0 Å². The van der Waals surface area contributed by atoms with Crippen LogP contribution in [0.4, 0.5) is 18.9 Å². The monoisotopic (exact) mass is 341 g/mol. The lowest BCUT2D eigenvalue weighted by atomic mass is 9.96. The fourth-order valence-corrected chi connectivity index (χ4v) is 3.67. The molecule has 0 fully saturated rings. The highest BCUT2D eigenvalue weighted by atomic mass is 32.1. The number of carbonyl (C=O) groups is 1. The molecule has 0 atom stereocenters. The Kier molecular flexibility index (Phi) is 4.06. The van der Waals surface area contributed by atoms with E-state index in [9.17, 15) is 23.1 Å². The summed E-state index contributed by atoms with van der Waals surface area (Å²) < 4.78 is 38.1. The molecule has 0 radical (unpaired) electrons. The first-order chi connectivity index (χ1) is 10.9. The van der Waals surface area contributed by atoms with Crippen LogP contribution >= 0.6 is 11.3 Å². The zero-order valence-corrected chi connectivity index (χ0v) is 12.9. The van der Waals surface area contributed by atoms with Crippen molar-refractivity contribution in [3.05, 3.63) is 51.2 Å². The maximum absolute atomic E-state index is 12.7. The van der Waals surface area contributed by atoms with E-state index >= 15 is 0 Å². The molecule has 1 aromatic heterocycles. The molecule has 3 nitrogen and oxygen atoms in total. The number of rotatable bonds is 3. The molecule has 23 heavy (non-hydrogen) atoms. The highest BCUT2D eigenvalue weighted by Crippen LogP contribution is 2.36. The van der Waals surface area contributed by atoms with Gasteiger partial charge in [0.2, 0.25) is 0 Å². The van der Waals surface area contributed by atoms with Gasteiger partial charge >= 0.3 is 12.1 Å². The maximum Gasteiger partial charge on any atom is 0.425 e. The summed E-state index contributed by atoms with van der Waals surface area (Å²) >= 11 is 0.689. The molecule has 2 aromatic rings. The van der Waals surface area contributed by atoms with Crippen molar-refractivity contribution >= 4 is 23.0 Å². The van der Waals surface area contributed by atoms with E-state index in [1.807, 2.05) is 11.0 Å². The number of benzene rings is 1. The van der Waals surface area contributed by atoms with Gasteiger partial charge in [-0.3, -0.25) is 0 Å². The minimum absolute atomic E-state index is 0.272. The van der Waals surface area contributed by atoms with Crippen LogP contribution in [0.15, 0.2) is 29.6 Å². The summed E-state index contributed by atoms with van der Waals surface area (Å²) in [5.41, 5.74) is 2.43. The van der Waals surface area contributed by atoms with E-state index in [0.29, 0.717) is 36.4 Å². The lowest BCUT2D eigenvalue weighted by Crippen LogP contribution is -2.29. The molecule has 0 saturated heterocycles. The zero-order chi connectivity index (χ0) is 16.6. The number of thiophene rings is 1. The third-order valence-electron chi connectivity index (χ3n) is 3.88. The summed E-state index contributed by atoms with van der Waals surface area (Å²) in [6.45, 7) is 1.05. The van der Waals surface area contributed by atoms with Crippen molar-refractivity contribution in [3.8, 4) is 0 Å². The van der Waals surface area contributed by atoms with Gasteiger partial charge in [0, 0.05) is 18.8 Å². The average Bonchev–Trinajstić information content (AvgIpc) is 2.95. The van der Waals surface area contributed by atoms with Gasteiger partial charge in [0.05, 0.1) is 5.56 Å². The van der Waals surface area contributed by atoms with Crippen LogP contribution < -0.4 is 4.90 Å². The molecule has 1 aliphatic heterocycles. The number of fused-ring (bicyclic) bond motifs is 1. The lowest BCUT2D eigenvalue weighted by Gasteiger charge is -2.31. The van der Waals surface area contributed by atoms with Crippen LogP contribution in [-0.4, -0.2) is 17.6 Å². The number of hydrogen-bond donors (Lipinski definition) is 1. The Hall–Kier alpha value is -2.02. The summed E-state index contributed by atoms with van der Waals surface area (Å²) in [4.78, 5) is 12.7. The standard InChI is InChI=1S/C16H14F3NO2S/c17-16(18,19)14-7-10(9-23-14)8-20-6-2-4-11-12(15(21)22)3-1-5-13(11)20/h1,3,5,7,9H,2,4,6,8H2,(H,21,22). The third-order valence-corrected chi connectivity index (χ3v) is 4.91. The largest absolute Gasteiger partial charge is 0.478 e. The highest BCUT2D eigenvalue weighted by Gasteiger charge is 2.32. The summed E-state index contributed by atoms with van der Waals surface area (Å²) in [6.07, 6.45) is -2.86. The molecular formula is C16H14F3NO2S. The minimum atomic E-state index is -4.32. The number of halogens is 3. The number of carboxylic acid groups (broad SMARTS) is 1. The molecule has 0 bridgehead atoms. The van der Waals surface area contributed by atoms with Crippen molar-refractivity contribution in [2.75, 3.05) is 11.4 Å². The molecule has 2 heterocycles. The van der Waals surface area contributed by atoms with Gasteiger partial charge in [0.1, 0.15) is 4.88 Å². The number of nitrogens with zero attached hydrogens (tertiary/aromatic N) is 1. The first-order valence-corrected chi connectivity index (χ1v) is 7.99. The van der Waals surface area contributed by atoms with Crippen molar-refractivity contribution in [2.45, 2.75) is 25.6 Å². The van der Waals surface area contributed by atoms with Crippen LogP contribution in [0.1, 0.15) is 32.8 Å². The van der Waals surface area contributed by atoms with Crippen LogP contribution in [0.5, 0.6) is 0 Å². The predicted octanol–water partition coefficient (Wildman–Crippen LogP) is 4.42. The van der Waals surface area contributed by atoms with E-state index in [-0.39, 0.29) is 5.56 Å². The van der Waals surface area contributed by atoms with Crippen LogP contribution in [0, 0.1) is 0 Å². The fraction of sp³-hybridized carbons (Fsp3) is 0.312. The Morgan fingerprint density at radius 3 is 2.78 bits per heavy atom.